The monoisotopic (exact) mass is 406 g/mol. The third kappa shape index (κ3) is 4.73. The molecule has 2 aromatic carbocycles. The van der Waals surface area contributed by atoms with Crippen molar-refractivity contribution < 1.29 is 4.79 Å². The normalized spacial score (nSPS) is 16.6. The number of rotatable bonds is 4. The Bertz CT molecular complexity index is 979. The predicted octanol–water partition coefficient (Wildman–Crippen LogP) is 6.55. The van der Waals surface area contributed by atoms with E-state index in [9.17, 15) is 4.79 Å². The lowest BCUT2D eigenvalue weighted by Gasteiger charge is -2.28. The van der Waals surface area contributed by atoms with E-state index < -0.39 is 0 Å². The summed E-state index contributed by atoms with van der Waals surface area (Å²) in [5.41, 5.74) is 4.79. The van der Waals surface area contributed by atoms with Crippen LogP contribution in [0.1, 0.15) is 50.4 Å². The van der Waals surface area contributed by atoms with E-state index in [0.29, 0.717) is 16.5 Å². The average Bonchev–Trinajstić information content (AvgIpc) is 3.52. The summed E-state index contributed by atoms with van der Waals surface area (Å²) in [7, 11) is 0. The van der Waals surface area contributed by atoms with Crippen LogP contribution in [0.25, 0.3) is 11.1 Å². The quantitative estimate of drug-likeness (QED) is 0.624. The molecule has 150 valence electrons. The molecule has 1 N–H and O–H groups in total. The number of anilines is 1. The standard InChI is InChI=1S/C25H27ClN2O/c1-25(2,3)27-24(29)20-14-19(17-9-11-21(26)12-10-17)15-22(16-20)28-13-5-4-6-23(28)18-7-8-18/h5-6,9-16,18H,4,7-8H2,1-3H3,(H,27,29). The summed E-state index contributed by atoms with van der Waals surface area (Å²) in [6.07, 6.45) is 10.1. The summed E-state index contributed by atoms with van der Waals surface area (Å²) in [6.45, 7) is 5.99. The molecule has 2 aromatic rings. The number of carbonyl (C=O) groups excluding carboxylic acids is 1. The van der Waals surface area contributed by atoms with Crippen LogP contribution < -0.4 is 10.2 Å². The van der Waals surface area contributed by atoms with Gasteiger partial charge in [-0.2, -0.15) is 0 Å². The van der Waals surface area contributed by atoms with E-state index in [1.807, 2.05) is 57.2 Å². The number of nitrogens with one attached hydrogen (secondary N) is 1. The van der Waals surface area contributed by atoms with Crippen LogP contribution in [0.3, 0.4) is 0 Å². The molecule has 0 aromatic heterocycles. The van der Waals surface area contributed by atoms with Gasteiger partial charge in [-0.25, -0.2) is 0 Å². The Kier molecular flexibility index (Phi) is 5.26. The molecule has 1 amide bonds. The second kappa shape index (κ2) is 7.72. The molecule has 0 saturated heterocycles. The summed E-state index contributed by atoms with van der Waals surface area (Å²) in [5, 5.41) is 3.79. The zero-order valence-electron chi connectivity index (χ0n) is 17.2. The molecule has 1 heterocycles. The van der Waals surface area contributed by atoms with E-state index in [1.165, 1.54) is 18.5 Å². The highest BCUT2D eigenvalue weighted by Gasteiger charge is 2.30. The topological polar surface area (TPSA) is 32.3 Å². The number of hydrogen-bond donors (Lipinski definition) is 1. The highest BCUT2D eigenvalue weighted by molar-refractivity contribution is 6.30. The van der Waals surface area contributed by atoms with Crippen LogP contribution >= 0.6 is 11.6 Å². The van der Waals surface area contributed by atoms with Gasteiger partial charge in [-0.15, -0.1) is 0 Å². The Labute approximate surface area is 178 Å². The molecule has 0 spiro atoms. The van der Waals surface area contributed by atoms with E-state index in [4.69, 9.17) is 11.6 Å². The van der Waals surface area contributed by atoms with E-state index in [0.717, 1.165) is 23.2 Å². The first-order valence-electron chi connectivity index (χ1n) is 10.2. The second-order valence-corrected chi connectivity index (χ2v) is 9.31. The molecular formula is C25H27ClN2O. The smallest absolute Gasteiger partial charge is 0.251 e. The lowest BCUT2D eigenvalue weighted by atomic mass is 9.99. The summed E-state index contributed by atoms with van der Waals surface area (Å²) >= 11 is 6.08. The Balaban J connectivity index is 1.78. The van der Waals surface area contributed by atoms with Crippen LogP contribution in [-0.4, -0.2) is 11.4 Å². The van der Waals surface area contributed by atoms with Gasteiger partial charge in [-0.1, -0.05) is 35.9 Å². The van der Waals surface area contributed by atoms with E-state index in [2.05, 4.69) is 34.6 Å². The fraction of sp³-hybridized carbons (Fsp3) is 0.320. The van der Waals surface area contributed by atoms with Crippen molar-refractivity contribution in [1.82, 2.24) is 5.32 Å². The van der Waals surface area contributed by atoms with E-state index in [-0.39, 0.29) is 11.4 Å². The summed E-state index contributed by atoms with van der Waals surface area (Å²) in [6, 6.07) is 13.9. The van der Waals surface area contributed by atoms with Gasteiger partial charge in [0.05, 0.1) is 0 Å². The minimum atomic E-state index is -0.294. The third-order valence-electron chi connectivity index (χ3n) is 5.12. The molecule has 1 saturated carbocycles. The molecule has 2 aliphatic rings. The fourth-order valence-electron chi connectivity index (χ4n) is 3.62. The zero-order chi connectivity index (χ0) is 20.6. The van der Waals surface area contributed by atoms with Crippen molar-refractivity contribution in [2.24, 2.45) is 5.92 Å². The van der Waals surface area contributed by atoms with Gasteiger partial charge in [-0.05, 0) is 87.4 Å². The minimum absolute atomic E-state index is 0.0625. The second-order valence-electron chi connectivity index (χ2n) is 8.87. The van der Waals surface area contributed by atoms with Crippen molar-refractivity contribution in [3.05, 3.63) is 77.1 Å². The van der Waals surface area contributed by atoms with Gasteiger partial charge in [0, 0.05) is 33.7 Å². The van der Waals surface area contributed by atoms with Crippen molar-refractivity contribution >= 4 is 23.2 Å². The molecule has 0 bridgehead atoms. The Morgan fingerprint density at radius 2 is 1.79 bits per heavy atom. The molecular weight excluding hydrogens is 380 g/mol. The number of nitrogens with zero attached hydrogens (tertiary/aromatic N) is 1. The first-order chi connectivity index (χ1) is 13.8. The highest BCUT2D eigenvalue weighted by Crippen LogP contribution is 2.42. The molecule has 4 heteroatoms. The lowest BCUT2D eigenvalue weighted by molar-refractivity contribution is 0.0919. The maximum absolute atomic E-state index is 13.0. The zero-order valence-corrected chi connectivity index (χ0v) is 18.0. The minimum Gasteiger partial charge on any atom is -0.347 e. The summed E-state index contributed by atoms with van der Waals surface area (Å²) in [4.78, 5) is 15.2. The van der Waals surface area contributed by atoms with Crippen LogP contribution in [0.15, 0.2) is 66.5 Å². The molecule has 4 rings (SSSR count). The molecule has 1 aliphatic heterocycles. The fourth-order valence-corrected chi connectivity index (χ4v) is 3.75. The number of allylic oxidation sites excluding steroid dienone is 3. The van der Waals surface area contributed by atoms with Crippen LogP contribution in [-0.2, 0) is 0 Å². The van der Waals surface area contributed by atoms with Crippen LogP contribution in [0.4, 0.5) is 5.69 Å². The van der Waals surface area contributed by atoms with Crippen molar-refractivity contribution in [3.8, 4) is 11.1 Å². The van der Waals surface area contributed by atoms with Gasteiger partial charge >= 0.3 is 0 Å². The van der Waals surface area contributed by atoms with Gasteiger partial charge in [0.25, 0.3) is 5.91 Å². The molecule has 3 nitrogen and oxygen atoms in total. The number of halogens is 1. The SMILES string of the molecule is CC(C)(C)NC(=O)c1cc(-c2ccc(Cl)cc2)cc(N2C=CCC=C2C2CC2)c1. The summed E-state index contributed by atoms with van der Waals surface area (Å²) < 4.78 is 0. The molecule has 1 fully saturated rings. The predicted molar refractivity (Wildman–Crippen MR) is 121 cm³/mol. The lowest BCUT2D eigenvalue weighted by Crippen LogP contribution is -2.40. The number of hydrogen-bond acceptors (Lipinski definition) is 2. The van der Waals surface area contributed by atoms with Crippen molar-refractivity contribution in [2.45, 2.75) is 45.6 Å². The van der Waals surface area contributed by atoms with Crippen molar-refractivity contribution in [1.29, 1.82) is 0 Å². The summed E-state index contributed by atoms with van der Waals surface area (Å²) in [5.74, 6) is 0.568. The number of benzene rings is 2. The van der Waals surface area contributed by atoms with Gasteiger partial charge in [0.15, 0.2) is 0 Å². The van der Waals surface area contributed by atoms with Crippen molar-refractivity contribution in [2.75, 3.05) is 4.90 Å². The molecule has 0 radical (unpaired) electrons. The Hall–Kier alpha value is -2.52. The molecule has 1 aliphatic carbocycles. The van der Waals surface area contributed by atoms with Crippen molar-refractivity contribution in [3.63, 3.8) is 0 Å². The van der Waals surface area contributed by atoms with Gasteiger partial charge in [-0.3, -0.25) is 4.79 Å². The number of carbonyl (C=O) groups is 1. The average molecular weight is 407 g/mol. The third-order valence-corrected chi connectivity index (χ3v) is 5.37. The Morgan fingerprint density at radius 1 is 1.07 bits per heavy atom. The molecule has 29 heavy (non-hydrogen) atoms. The first kappa shape index (κ1) is 19.8. The number of amides is 1. The highest BCUT2D eigenvalue weighted by atomic mass is 35.5. The Morgan fingerprint density at radius 3 is 2.45 bits per heavy atom. The van der Waals surface area contributed by atoms with Crippen LogP contribution in [0.5, 0.6) is 0 Å². The largest absolute Gasteiger partial charge is 0.347 e. The first-order valence-corrected chi connectivity index (χ1v) is 10.6. The molecule has 0 atom stereocenters. The van der Waals surface area contributed by atoms with Crippen LogP contribution in [0, 0.1) is 5.92 Å². The van der Waals surface area contributed by atoms with E-state index >= 15 is 0 Å². The molecule has 0 unspecified atom stereocenters. The van der Waals surface area contributed by atoms with Crippen LogP contribution in [0.2, 0.25) is 5.02 Å². The maximum Gasteiger partial charge on any atom is 0.251 e. The van der Waals surface area contributed by atoms with Gasteiger partial charge < -0.3 is 10.2 Å². The van der Waals surface area contributed by atoms with Gasteiger partial charge in [0.1, 0.15) is 0 Å². The maximum atomic E-state index is 13.0. The van der Waals surface area contributed by atoms with Gasteiger partial charge in [0.2, 0.25) is 0 Å². The van der Waals surface area contributed by atoms with E-state index in [1.54, 1.807) is 0 Å².